The Morgan fingerprint density at radius 2 is 1.79 bits per heavy atom. The average molecular weight is 502 g/mol. The van der Waals surface area contributed by atoms with E-state index in [2.05, 4.69) is 42.2 Å². The first-order chi connectivity index (χ1) is 13.5. The second-order valence-corrected chi connectivity index (χ2v) is 7.82. The molecule has 3 rings (SSSR count). The van der Waals surface area contributed by atoms with Crippen molar-refractivity contribution < 1.29 is 9.53 Å². The lowest BCUT2D eigenvalue weighted by atomic mass is 10.2. The smallest absolute Gasteiger partial charge is 0.262 e. The molecular weight excluding hydrogens is 484 g/mol. The molecule has 0 saturated carbocycles. The zero-order valence-electron chi connectivity index (χ0n) is 15.2. The molecule has 0 spiro atoms. The van der Waals surface area contributed by atoms with Crippen LogP contribution in [0.15, 0.2) is 80.7 Å². The number of aliphatic imine (C=N–C) groups is 1. The SMILES string of the molecule is Cc1ccccc1N=Cc1cc(Br)cc(Br)c1OCC(=O)Nc1ccccc1. The normalized spacial score (nSPS) is 10.8. The number of benzene rings is 3. The van der Waals surface area contributed by atoms with Crippen LogP contribution in [0.2, 0.25) is 0 Å². The van der Waals surface area contributed by atoms with Crippen LogP contribution in [0.4, 0.5) is 11.4 Å². The van der Waals surface area contributed by atoms with Crippen LogP contribution in [0, 0.1) is 6.92 Å². The lowest BCUT2D eigenvalue weighted by Crippen LogP contribution is -2.20. The molecule has 1 amide bonds. The number of nitrogens with zero attached hydrogens (tertiary/aromatic N) is 1. The molecule has 0 saturated heterocycles. The van der Waals surface area contributed by atoms with Crippen LogP contribution in [-0.2, 0) is 4.79 Å². The minimum absolute atomic E-state index is 0.111. The summed E-state index contributed by atoms with van der Waals surface area (Å²) >= 11 is 6.99. The number of rotatable bonds is 6. The van der Waals surface area contributed by atoms with Gasteiger partial charge in [-0.25, -0.2) is 0 Å². The molecule has 1 N–H and O–H groups in total. The molecule has 0 aliphatic carbocycles. The zero-order valence-corrected chi connectivity index (χ0v) is 18.3. The van der Waals surface area contributed by atoms with Gasteiger partial charge in [0.2, 0.25) is 0 Å². The van der Waals surface area contributed by atoms with E-state index in [0.717, 1.165) is 31.4 Å². The van der Waals surface area contributed by atoms with Crippen molar-refractivity contribution in [2.45, 2.75) is 6.92 Å². The summed E-state index contributed by atoms with van der Waals surface area (Å²) in [5.41, 5.74) is 3.45. The van der Waals surface area contributed by atoms with Crippen molar-refractivity contribution in [2.24, 2.45) is 4.99 Å². The monoisotopic (exact) mass is 500 g/mol. The van der Waals surface area contributed by atoms with Gasteiger partial charge >= 0.3 is 0 Å². The summed E-state index contributed by atoms with van der Waals surface area (Å²) < 4.78 is 7.42. The summed E-state index contributed by atoms with van der Waals surface area (Å²) in [5.74, 6) is 0.326. The highest BCUT2D eigenvalue weighted by Crippen LogP contribution is 2.32. The largest absolute Gasteiger partial charge is 0.482 e. The Morgan fingerprint density at radius 3 is 2.54 bits per heavy atom. The summed E-state index contributed by atoms with van der Waals surface area (Å²) in [6.45, 7) is 1.90. The Kier molecular flexibility index (Phi) is 7.01. The highest BCUT2D eigenvalue weighted by molar-refractivity contribution is 9.11. The third-order valence-corrected chi connectivity index (χ3v) is 4.95. The lowest BCUT2D eigenvalue weighted by Gasteiger charge is -2.12. The number of carbonyl (C=O) groups excluding carboxylic acids is 1. The van der Waals surface area contributed by atoms with Gasteiger partial charge in [0.1, 0.15) is 5.75 Å². The quantitative estimate of drug-likeness (QED) is 0.403. The number of amides is 1. The highest BCUT2D eigenvalue weighted by Gasteiger charge is 2.12. The first-order valence-corrected chi connectivity index (χ1v) is 10.2. The van der Waals surface area contributed by atoms with E-state index in [1.165, 1.54) is 0 Å². The molecule has 0 atom stereocenters. The summed E-state index contributed by atoms with van der Waals surface area (Å²) in [7, 11) is 0. The molecule has 6 heteroatoms. The standard InChI is InChI=1S/C22H18Br2N2O2/c1-15-7-5-6-10-20(15)25-13-16-11-17(23)12-19(24)22(16)28-14-21(27)26-18-8-3-2-4-9-18/h2-13H,14H2,1H3,(H,26,27). The first-order valence-electron chi connectivity index (χ1n) is 8.59. The van der Waals surface area contributed by atoms with E-state index < -0.39 is 0 Å². The zero-order chi connectivity index (χ0) is 19.9. The third kappa shape index (κ3) is 5.53. The number of anilines is 1. The number of halogens is 2. The number of carbonyl (C=O) groups is 1. The van der Waals surface area contributed by atoms with E-state index in [1.54, 1.807) is 6.21 Å². The van der Waals surface area contributed by atoms with Gasteiger partial charge < -0.3 is 10.1 Å². The summed E-state index contributed by atoms with van der Waals surface area (Å²) in [6.07, 6.45) is 1.74. The van der Waals surface area contributed by atoms with E-state index >= 15 is 0 Å². The Labute approximate surface area is 180 Å². The summed E-state index contributed by atoms with van der Waals surface area (Å²) in [5, 5.41) is 2.81. The molecule has 28 heavy (non-hydrogen) atoms. The number of nitrogens with one attached hydrogen (secondary N) is 1. The minimum atomic E-state index is -0.234. The van der Waals surface area contributed by atoms with Gasteiger partial charge in [0.15, 0.2) is 6.61 Å². The number of aryl methyl sites for hydroxylation is 1. The molecule has 3 aromatic rings. The molecule has 3 aromatic carbocycles. The van der Waals surface area contributed by atoms with Crippen LogP contribution >= 0.6 is 31.9 Å². The van der Waals surface area contributed by atoms with Gasteiger partial charge in [0.05, 0.1) is 10.2 Å². The van der Waals surface area contributed by atoms with Crippen molar-refractivity contribution >= 4 is 55.4 Å². The summed E-state index contributed by atoms with van der Waals surface area (Å²) in [6, 6.07) is 20.9. The van der Waals surface area contributed by atoms with Crippen LogP contribution in [0.1, 0.15) is 11.1 Å². The van der Waals surface area contributed by atoms with Gasteiger partial charge in [-0.1, -0.05) is 52.3 Å². The van der Waals surface area contributed by atoms with Gasteiger partial charge in [-0.15, -0.1) is 0 Å². The van der Waals surface area contributed by atoms with Crippen molar-refractivity contribution in [1.82, 2.24) is 0 Å². The van der Waals surface area contributed by atoms with Crippen LogP contribution in [0.3, 0.4) is 0 Å². The maximum absolute atomic E-state index is 12.2. The van der Waals surface area contributed by atoms with Crippen molar-refractivity contribution in [3.05, 3.63) is 86.8 Å². The Balaban J connectivity index is 1.77. The number of hydrogen-bond acceptors (Lipinski definition) is 3. The van der Waals surface area contributed by atoms with Crippen molar-refractivity contribution in [3.8, 4) is 5.75 Å². The molecular formula is C22H18Br2N2O2. The fraction of sp³-hybridized carbons (Fsp3) is 0.0909. The molecule has 0 aromatic heterocycles. The van der Waals surface area contributed by atoms with Gasteiger partial charge in [-0.05, 0) is 58.7 Å². The van der Waals surface area contributed by atoms with E-state index in [4.69, 9.17) is 4.74 Å². The Morgan fingerprint density at radius 1 is 1.07 bits per heavy atom. The van der Waals surface area contributed by atoms with Crippen LogP contribution in [-0.4, -0.2) is 18.7 Å². The number of hydrogen-bond donors (Lipinski definition) is 1. The van der Waals surface area contributed by atoms with Gasteiger partial charge in [-0.3, -0.25) is 9.79 Å². The molecule has 0 radical (unpaired) electrons. The predicted molar refractivity (Wildman–Crippen MR) is 121 cm³/mol. The topological polar surface area (TPSA) is 50.7 Å². The van der Waals surface area contributed by atoms with E-state index in [0.29, 0.717) is 5.75 Å². The molecule has 0 fully saturated rings. The molecule has 0 aliphatic rings. The minimum Gasteiger partial charge on any atom is -0.482 e. The van der Waals surface area contributed by atoms with Crippen molar-refractivity contribution in [3.63, 3.8) is 0 Å². The predicted octanol–water partition coefficient (Wildman–Crippen LogP) is 6.29. The van der Waals surface area contributed by atoms with Crippen molar-refractivity contribution in [2.75, 3.05) is 11.9 Å². The maximum Gasteiger partial charge on any atom is 0.262 e. The molecule has 142 valence electrons. The van der Waals surface area contributed by atoms with E-state index in [-0.39, 0.29) is 12.5 Å². The van der Waals surface area contributed by atoms with Crippen LogP contribution < -0.4 is 10.1 Å². The Bertz CT molecular complexity index is 1000. The Hall–Kier alpha value is -2.44. The highest BCUT2D eigenvalue weighted by atomic mass is 79.9. The third-order valence-electron chi connectivity index (χ3n) is 3.90. The maximum atomic E-state index is 12.2. The molecule has 0 aliphatic heterocycles. The lowest BCUT2D eigenvalue weighted by molar-refractivity contribution is -0.118. The second-order valence-electron chi connectivity index (χ2n) is 6.05. The number of para-hydroxylation sites is 2. The van der Waals surface area contributed by atoms with Crippen molar-refractivity contribution in [1.29, 1.82) is 0 Å². The van der Waals surface area contributed by atoms with Gasteiger partial charge in [0, 0.05) is 21.9 Å². The summed E-state index contributed by atoms with van der Waals surface area (Å²) in [4.78, 5) is 16.8. The molecule has 0 heterocycles. The molecule has 4 nitrogen and oxygen atoms in total. The molecule has 0 unspecified atom stereocenters. The second kappa shape index (κ2) is 9.66. The fourth-order valence-corrected chi connectivity index (χ4v) is 3.90. The van der Waals surface area contributed by atoms with Crippen LogP contribution in [0.25, 0.3) is 0 Å². The average Bonchev–Trinajstić information content (AvgIpc) is 2.67. The van der Waals surface area contributed by atoms with E-state index in [9.17, 15) is 4.79 Å². The van der Waals surface area contributed by atoms with Crippen LogP contribution in [0.5, 0.6) is 5.75 Å². The molecule has 0 bridgehead atoms. The first kappa shape index (κ1) is 20.3. The van der Waals surface area contributed by atoms with E-state index in [1.807, 2.05) is 73.7 Å². The fourth-order valence-electron chi connectivity index (χ4n) is 2.53. The van der Waals surface area contributed by atoms with Gasteiger partial charge in [-0.2, -0.15) is 0 Å². The number of ether oxygens (including phenoxy) is 1. The van der Waals surface area contributed by atoms with Gasteiger partial charge in [0.25, 0.3) is 5.91 Å².